The third-order valence-corrected chi connectivity index (χ3v) is 6.34. The van der Waals surface area contributed by atoms with Crippen molar-refractivity contribution in [1.82, 2.24) is 19.7 Å². The van der Waals surface area contributed by atoms with Gasteiger partial charge >= 0.3 is 0 Å². The molecule has 1 N–H and O–H groups in total. The number of nitrogens with one attached hydrogen (secondary N) is 1. The lowest BCUT2D eigenvalue weighted by molar-refractivity contribution is 0.563. The number of benzene rings is 1. The standard InChI is InChI=1S/C18H25ClN6O2S/c1-13-7-8-14(19)11-15(13)28(26,27)20-12-16-21-17(24(2)3)23-18(22-16)25-9-5-4-6-10-25/h7-8,11,20H,4-6,9-10,12H2,1-3H3. The Balaban J connectivity index is 1.84. The van der Waals surface area contributed by atoms with Crippen molar-refractivity contribution in [2.24, 2.45) is 0 Å². The normalized spacial score (nSPS) is 14.9. The first kappa shape index (κ1) is 20.8. The highest BCUT2D eigenvalue weighted by Crippen LogP contribution is 2.21. The molecule has 0 atom stereocenters. The summed E-state index contributed by atoms with van der Waals surface area (Å²) in [7, 11) is -0.0529. The van der Waals surface area contributed by atoms with Crippen LogP contribution in [0.5, 0.6) is 0 Å². The summed E-state index contributed by atoms with van der Waals surface area (Å²) in [6.45, 7) is 3.48. The van der Waals surface area contributed by atoms with Crippen LogP contribution in [0.4, 0.5) is 11.9 Å². The van der Waals surface area contributed by atoms with Gasteiger partial charge in [0.2, 0.25) is 21.9 Å². The maximum absolute atomic E-state index is 12.7. The zero-order valence-corrected chi connectivity index (χ0v) is 17.9. The highest BCUT2D eigenvalue weighted by Gasteiger charge is 2.20. The summed E-state index contributed by atoms with van der Waals surface area (Å²) in [5.41, 5.74) is 0.621. The SMILES string of the molecule is Cc1ccc(Cl)cc1S(=O)(=O)NCc1nc(N(C)C)nc(N2CCCCC2)n1. The summed E-state index contributed by atoms with van der Waals surface area (Å²) >= 11 is 5.97. The number of hydrogen-bond acceptors (Lipinski definition) is 7. The van der Waals surface area contributed by atoms with Gasteiger partial charge in [0.05, 0.1) is 11.4 Å². The Kier molecular flexibility index (Phi) is 6.36. The fourth-order valence-electron chi connectivity index (χ4n) is 3.01. The Morgan fingerprint density at radius 2 is 1.86 bits per heavy atom. The van der Waals surface area contributed by atoms with E-state index in [2.05, 4.69) is 24.6 Å². The molecule has 0 unspecified atom stereocenters. The number of sulfonamides is 1. The Morgan fingerprint density at radius 1 is 1.14 bits per heavy atom. The first-order chi connectivity index (χ1) is 13.3. The van der Waals surface area contributed by atoms with Crippen LogP contribution in [0.25, 0.3) is 0 Å². The van der Waals surface area contributed by atoms with Gasteiger partial charge < -0.3 is 9.80 Å². The van der Waals surface area contributed by atoms with Gasteiger partial charge in [-0.15, -0.1) is 0 Å². The Morgan fingerprint density at radius 3 is 2.54 bits per heavy atom. The van der Waals surface area contributed by atoms with Crippen LogP contribution in [0.1, 0.15) is 30.7 Å². The molecular weight excluding hydrogens is 400 g/mol. The number of aryl methyl sites for hydroxylation is 1. The molecule has 3 rings (SSSR count). The first-order valence-corrected chi connectivity index (χ1v) is 11.1. The molecule has 10 heteroatoms. The molecule has 1 fully saturated rings. The molecule has 0 radical (unpaired) electrons. The lowest BCUT2D eigenvalue weighted by Crippen LogP contribution is -2.33. The summed E-state index contributed by atoms with van der Waals surface area (Å²) in [5, 5.41) is 0.369. The van der Waals surface area contributed by atoms with E-state index < -0.39 is 10.0 Å². The number of piperidine rings is 1. The Labute approximate surface area is 171 Å². The zero-order chi connectivity index (χ0) is 20.3. The van der Waals surface area contributed by atoms with Gasteiger partial charge in [-0.1, -0.05) is 17.7 Å². The monoisotopic (exact) mass is 424 g/mol. The summed E-state index contributed by atoms with van der Waals surface area (Å²) < 4.78 is 28.0. The zero-order valence-electron chi connectivity index (χ0n) is 16.3. The fourth-order valence-corrected chi connectivity index (χ4v) is 4.50. The molecule has 1 aliphatic heterocycles. The third-order valence-electron chi connectivity index (χ3n) is 4.56. The van der Waals surface area contributed by atoms with Gasteiger partial charge in [0, 0.05) is 32.2 Å². The van der Waals surface area contributed by atoms with Gasteiger partial charge in [-0.2, -0.15) is 15.0 Å². The van der Waals surface area contributed by atoms with Gasteiger partial charge in [0.15, 0.2) is 5.82 Å². The van der Waals surface area contributed by atoms with Crippen molar-refractivity contribution in [2.45, 2.75) is 37.6 Å². The number of rotatable bonds is 6. The minimum atomic E-state index is -3.74. The van der Waals surface area contributed by atoms with Crippen molar-refractivity contribution in [1.29, 1.82) is 0 Å². The van der Waals surface area contributed by atoms with Gasteiger partial charge in [-0.05, 0) is 43.9 Å². The van der Waals surface area contributed by atoms with E-state index in [1.165, 1.54) is 12.5 Å². The molecule has 1 aliphatic rings. The van der Waals surface area contributed by atoms with E-state index in [1.54, 1.807) is 24.0 Å². The van der Waals surface area contributed by atoms with E-state index in [-0.39, 0.29) is 11.4 Å². The first-order valence-electron chi connectivity index (χ1n) is 9.19. The number of anilines is 2. The molecule has 0 spiro atoms. The molecule has 2 heterocycles. The van der Waals surface area contributed by atoms with Crippen molar-refractivity contribution in [2.75, 3.05) is 37.0 Å². The van der Waals surface area contributed by atoms with Gasteiger partial charge in [-0.3, -0.25) is 0 Å². The molecular formula is C18H25ClN6O2S. The van der Waals surface area contributed by atoms with E-state index in [0.717, 1.165) is 25.9 Å². The maximum atomic E-state index is 12.7. The van der Waals surface area contributed by atoms with Crippen molar-refractivity contribution in [3.8, 4) is 0 Å². The average Bonchev–Trinajstić information content (AvgIpc) is 2.68. The fraction of sp³-hybridized carbons (Fsp3) is 0.500. The quantitative estimate of drug-likeness (QED) is 0.760. The minimum Gasteiger partial charge on any atom is -0.347 e. The van der Waals surface area contributed by atoms with Gasteiger partial charge in [-0.25, -0.2) is 13.1 Å². The summed E-state index contributed by atoms with van der Waals surface area (Å²) in [6, 6.07) is 4.78. The average molecular weight is 425 g/mol. The second kappa shape index (κ2) is 8.59. The van der Waals surface area contributed by atoms with Crippen LogP contribution < -0.4 is 14.5 Å². The van der Waals surface area contributed by atoms with Crippen LogP contribution in [0.2, 0.25) is 5.02 Å². The molecule has 28 heavy (non-hydrogen) atoms. The number of nitrogens with zero attached hydrogens (tertiary/aromatic N) is 5. The Hall–Kier alpha value is -1.97. The molecule has 0 bridgehead atoms. The molecule has 0 saturated carbocycles. The molecule has 152 valence electrons. The van der Waals surface area contributed by atoms with Crippen molar-refractivity contribution in [3.63, 3.8) is 0 Å². The van der Waals surface area contributed by atoms with Crippen LogP contribution in [0.3, 0.4) is 0 Å². The topological polar surface area (TPSA) is 91.3 Å². The van der Waals surface area contributed by atoms with Crippen LogP contribution >= 0.6 is 11.6 Å². The van der Waals surface area contributed by atoms with E-state index in [4.69, 9.17) is 11.6 Å². The highest BCUT2D eigenvalue weighted by molar-refractivity contribution is 7.89. The number of aromatic nitrogens is 3. The summed E-state index contributed by atoms with van der Waals surface area (Å²) in [4.78, 5) is 17.5. The van der Waals surface area contributed by atoms with E-state index in [1.807, 2.05) is 14.1 Å². The molecule has 0 aliphatic carbocycles. The Bertz CT molecular complexity index is 945. The van der Waals surface area contributed by atoms with Crippen molar-refractivity contribution < 1.29 is 8.42 Å². The van der Waals surface area contributed by atoms with Crippen LogP contribution in [-0.2, 0) is 16.6 Å². The molecule has 2 aromatic rings. The van der Waals surface area contributed by atoms with E-state index in [9.17, 15) is 8.42 Å². The van der Waals surface area contributed by atoms with Crippen LogP contribution in [0.15, 0.2) is 23.1 Å². The molecule has 0 amide bonds. The van der Waals surface area contributed by atoms with Gasteiger partial charge in [0.1, 0.15) is 0 Å². The second-order valence-electron chi connectivity index (χ2n) is 7.03. The summed E-state index contributed by atoms with van der Waals surface area (Å²) in [6.07, 6.45) is 3.39. The number of halogens is 1. The smallest absolute Gasteiger partial charge is 0.241 e. The predicted octanol–water partition coefficient (Wildman–Crippen LogP) is 2.37. The van der Waals surface area contributed by atoms with Crippen LogP contribution in [-0.4, -0.2) is 50.6 Å². The number of hydrogen-bond donors (Lipinski definition) is 1. The lowest BCUT2D eigenvalue weighted by Gasteiger charge is -2.27. The maximum Gasteiger partial charge on any atom is 0.241 e. The van der Waals surface area contributed by atoms with E-state index in [0.29, 0.717) is 28.3 Å². The van der Waals surface area contributed by atoms with Crippen molar-refractivity contribution in [3.05, 3.63) is 34.6 Å². The third kappa shape index (κ3) is 4.89. The molecule has 1 aromatic heterocycles. The van der Waals surface area contributed by atoms with E-state index >= 15 is 0 Å². The van der Waals surface area contributed by atoms with Crippen LogP contribution in [0, 0.1) is 6.92 Å². The summed E-state index contributed by atoms with van der Waals surface area (Å²) in [5.74, 6) is 1.47. The second-order valence-corrected chi connectivity index (χ2v) is 9.20. The lowest BCUT2D eigenvalue weighted by atomic mass is 10.1. The van der Waals surface area contributed by atoms with Gasteiger partial charge in [0.25, 0.3) is 0 Å². The molecule has 1 saturated heterocycles. The predicted molar refractivity (Wildman–Crippen MR) is 110 cm³/mol. The largest absolute Gasteiger partial charge is 0.347 e. The minimum absolute atomic E-state index is 0.0293. The highest BCUT2D eigenvalue weighted by atomic mass is 35.5. The molecule has 1 aromatic carbocycles. The molecule has 8 nitrogen and oxygen atoms in total. The van der Waals surface area contributed by atoms with Crippen molar-refractivity contribution >= 4 is 33.5 Å².